The summed E-state index contributed by atoms with van der Waals surface area (Å²) in [7, 11) is 1.62. The third-order valence-electron chi connectivity index (χ3n) is 4.99. The fraction of sp³-hybridized carbons (Fsp3) is 0.696. The van der Waals surface area contributed by atoms with Gasteiger partial charge in [0.2, 0.25) is 0 Å². The SMILES string of the molecule is CCCCCCCCCCCCCCCc1ccc(C=O)c(OC)c1. The fourth-order valence-electron chi connectivity index (χ4n) is 3.36. The highest BCUT2D eigenvalue weighted by molar-refractivity contribution is 5.79. The lowest BCUT2D eigenvalue weighted by molar-refractivity contribution is 0.112. The van der Waals surface area contributed by atoms with Crippen LogP contribution >= 0.6 is 0 Å². The molecular weight excluding hydrogens is 308 g/mol. The molecule has 0 N–H and O–H groups in total. The van der Waals surface area contributed by atoms with Crippen LogP contribution < -0.4 is 4.74 Å². The molecule has 0 unspecified atom stereocenters. The summed E-state index contributed by atoms with van der Waals surface area (Å²) in [4.78, 5) is 10.9. The number of hydrogen-bond acceptors (Lipinski definition) is 2. The van der Waals surface area contributed by atoms with E-state index >= 15 is 0 Å². The summed E-state index contributed by atoms with van der Waals surface area (Å²) in [5.74, 6) is 0.696. The molecule has 2 nitrogen and oxygen atoms in total. The van der Waals surface area contributed by atoms with Crippen LogP contribution in [0, 0.1) is 0 Å². The van der Waals surface area contributed by atoms with Crippen molar-refractivity contribution in [2.75, 3.05) is 7.11 Å². The summed E-state index contributed by atoms with van der Waals surface area (Å²) in [6, 6.07) is 5.92. The van der Waals surface area contributed by atoms with Crippen molar-refractivity contribution in [1.29, 1.82) is 0 Å². The number of ether oxygens (including phenoxy) is 1. The molecule has 1 aromatic rings. The van der Waals surface area contributed by atoms with Crippen molar-refractivity contribution in [2.24, 2.45) is 0 Å². The van der Waals surface area contributed by atoms with Crippen LogP contribution in [-0.4, -0.2) is 13.4 Å². The zero-order valence-electron chi connectivity index (χ0n) is 16.5. The summed E-state index contributed by atoms with van der Waals surface area (Å²) >= 11 is 0. The first-order chi connectivity index (χ1) is 12.3. The topological polar surface area (TPSA) is 26.3 Å². The Balaban J connectivity index is 1.96. The average molecular weight is 347 g/mol. The van der Waals surface area contributed by atoms with Crippen LogP contribution in [-0.2, 0) is 6.42 Å². The van der Waals surface area contributed by atoms with Crippen molar-refractivity contribution >= 4 is 6.29 Å². The second-order valence-electron chi connectivity index (χ2n) is 7.19. The molecule has 0 bridgehead atoms. The number of aldehydes is 1. The number of hydrogen-bond donors (Lipinski definition) is 0. The van der Waals surface area contributed by atoms with E-state index in [9.17, 15) is 4.79 Å². The molecule has 0 aromatic heterocycles. The normalized spacial score (nSPS) is 10.8. The van der Waals surface area contributed by atoms with E-state index in [4.69, 9.17) is 4.74 Å². The monoisotopic (exact) mass is 346 g/mol. The third-order valence-corrected chi connectivity index (χ3v) is 4.99. The number of methoxy groups -OCH3 is 1. The zero-order valence-corrected chi connectivity index (χ0v) is 16.5. The molecule has 0 spiro atoms. The standard InChI is InChI=1S/C23H38O2/c1-3-4-5-6-7-8-9-10-11-12-13-14-15-16-21-17-18-22(20-24)23(19-21)25-2/h17-20H,3-16H2,1-2H3. The largest absolute Gasteiger partial charge is 0.496 e. The molecule has 25 heavy (non-hydrogen) atoms. The van der Waals surface area contributed by atoms with E-state index in [1.807, 2.05) is 18.2 Å². The second kappa shape index (κ2) is 15.0. The molecular formula is C23H38O2. The van der Waals surface area contributed by atoms with Crippen LogP contribution in [0.3, 0.4) is 0 Å². The molecule has 0 heterocycles. The molecule has 0 aliphatic carbocycles. The van der Waals surface area contributed by atoms with Gasteiger partial charge in [0.1, 0.15) is 5.75 Å². The number of unbranched alkanes of at least 4 members (excludes halogenated alkanes) is 12. The van der Waals surface area contributed by atoms with Gasteiger partial charge in [0.25, 0.3) is 0 Å². The lowest BCUT2D eigenvalue weighted by atomic mass is 10.0. The second-order valence-corrected chi connectivity index (χ2v) is 7.19. The molecule has 2 heteroatoms. The number of benzene rings is 1. The molecule has 0 saturated carbocycles. The lowest BCUT2D eigenvalue weighted by Gasteiger charge is -2.07. The van der Waals surface area contributed by atoms with Crippen LogP contribution in [0.1, 0.15) is 106 Å². The summed E-state index contributed by atoms with van der Waals surface area (Å²) in [6.07, 6.45) is 19.9. The molecule has 142 valence electrons. The predicted molar refractivity (Wildman–Crippen MR) is 108 cm³/mol. The molecule has 1 rings (SSSR count). The van der Waals surface area contributed by atoms with Crippen LogP contribution in [0.15, 0.2) is 18.2 Å². The van der Waals surface area contributed by atoms with Crippen LogP contribution in [0.5, 0.6) is 5.75 Å². The van der Waals surface area contributed by atoms with E-state index in [2.05, 4.69) is 6.92 Å². The third kappa shape index (κ3) is 10.3. The maximum atomic E-state index is 10.9. The first-order valence-electron chi connectivity index (χ1n) is 10.4. The minimum absolute atomic E-state index is 0.636. The van der Waals surface area contributed by atoms with Crippen LogP contribution in [0.2, 0.25) is 0 Å². The van der Waals surface area contributed by atoms with Gasteiger partial charge in [0, 0.05) is 0 Å². The molecule has 0 amide bonds. The summed E-state index contributed by atoms with van der Waals surface area (Å²) < 4.78 is 5.26. The maximum absolute atomic E-state index is 10.9. The molecule has 1 aromatic carbocycles. The summed E-state index contributed by atoms with van der Waals surface area (Å²) in [5, 5.41) is 0. The van der Waals surface area contributed by atoms with E-state index in [1.165, 1.54) is 89.0 Å². The Kier molecular flexibility index (Phi) is 13.0. The van der Waals surface area contributed by atoms with Gasteiger partial charge in [0.05, 0.1) is 12.7 Å². The van der Waals surface area contributed by atoms with Crippen molar-refractivity contribution in [2.45, 2.75) is 96.8 Å². The molecule has 0 fully saturated rings. The van der Waals surface area contributed by atoms with E-state index in [-0.39, 0.29) is 0 Å². The minimum Gasteiger partial charge on any atom is -0.496 e. The Bertz CT molecular complexity index is 453. The Labute approximate surface area is 155 Å². The van der Waals surface area contributed by atoms with Crippen molar-refractivity contribution in [3.63, 3.8) is 0 Å². The summed E-state index contributed by atoms with van der Waals surface area (Å²) in [6.45, 7) is 2.28. The Hall–Kier alpha value is -1.31. The molecule has 0 saturated heterocycles. The van der Waals surface area contributed by atoms with Crippen LogP contribution in [0.25, 0.3) is 0 Å². The van der Waals surface area contributed by atoms with Crippen molar-refractivity contribution in [1.82, 2.24) is 0 Å². The van der Waals surface area contributed by atoms with Gasteiger partial charge < -0.3 is 4.74 Å². The Morgan fingerprint density at radius 3 is 1.80 bits per heavy atom. The Morgan fingerprint density at radius 1 is 0.800 bits per heavy atom. The van der Waals surface area contributed by atoms with E-state index in [0.29, 0.717) is 11.3 Å². The van der Waals surface area contributed by atoms with E-state index in [1.54, 1.807) is 7.11 Å². The summed E-state index contributed by atoms with van der Waals surface area (Å²) in [5.41, 5.74) is 1.90. The van der Waals surface area contributed by atoms with Crippen molar-refractivity contribution < 1.29 is 9.53 Å². The number of rotatable bonds is 16. The quantitative estimate of drug-likeness (QED) is 0.235. The first-order valence-corrected chi connectivity index (χ1v) is 10.4. The molecule has 0 aliphatic heterocycles. The average Bonchev–Trinajstić information content (AvgIpc) is 2.65. The Morgan fingerprint density at radius 2 is 1.32 bits per heavy atom. The molecule has 0 radical (unpaired) electrons. The number of aryl methyl sites for hydroxylation is 1. The minimum atomic E-state index is 0.636. The van der Waals surface area contributed by atoms with Gasteiger partial charge in [-0.1, -0.05) is 90.0 Å². The fourth-order valence-corrected chi connectivity index (χ4v) is 3.36. The molecule has 0 atom stereocenters. The number of carbonyl (C=O) groups excluding carboxylic acids is 1. The van der Waals surface area contributed by atoms with E-state index < -0.39 is 0 Å². The highest BCUT2D eigenvalue weighted by atomic mass is 16.5. The van der Waals surface area contributed by atoms with E-state index in [0.717, 1.165) is 12.7 Å². The van der Waals surface area contributed by atoms with Crippen LogP contribution in [0.4, 0.5) is 0 Å². The van der Waals surface area contributed by atoms with Crippen molar-refractivity contribution in [3.8, 4) is 5.75 Å². The van der Waals surface area contributed by atoms with Gasteiger partial charge in [-0.15, -0.1) is 0 Å². The highest BCUT2D eigenvalue weighted by Gasteiger charge is 2.03. The van der Waals surface area contributed by atoms with Gasteiger partial charge in [-0.2, -0.15) is 0 Å². The first kappa shape index (κ1) is 21.7. The lowest BCUT2D eigenvalue weighted by Crippen LogP contribution is -1.93. The van der Waals surface area contributed by atoms with Gasteiger partial charge >= 0.3 is 0 Å². The predicted octanol–water partition coefficient (Wildman–Crippen LogP) is 7.14. The zero-order chi connectivity index (χ0) is 18.2. The molecule has 0 aliphatic rings. The maximum Gasteiger partial charge on any atom is 0.153 e. The number of carbonyl (C=O) groups is 1. The van der Waals surface area contributed by atoms with Crippen molar-refractivity contribution in [3.05, 3.63) is 29.3 Å². The van der Waals surface area contributed by atoms with Gasteiger partial charge in [-0.05, 0) is 30.5 Å². The smallest absolute Gasteiger partial charge is 0.153 e. The highest BCUT2D eigenvalue weighted by Crippen LogP contribution is 2.20. The van der Waals surface area contributed by atoms with Gasteiger partial charge in [-0.25, -0.2) is 0 Å². The van der Waals surface area contributed by atoms with Gasteiger partial charge in [-0.3, -0.25) is 4.79 Å². The van der Waals surface area contributed by atoms with Gasteiger partial charge in [0.15, 0.2) is 6.29 Å².